The van der Waals surface area contributed by atoms with Crippen LogP contribution in [-0.4, -0.2) is 28.4 Å². The van der Waals surface area contributed by atoms with Gasteiger partial charge in [0, 0.05) is 12.5 Å². The van der Waals surface area contributed by atoms with E-state index in [1.165, 1.54) is 20.4 Å². The summed E-state index contributed by atoms with van der Waals surface area (Å²) in [5.41, 5.74) is 0.0598. The second-order valence-corrected chi connectivity index (χ2v) is 4.53. The first-order valence-electron chi connectivity index (χ1n) is 4.96. The van der Waals surface area contributed by atoms with Crippen molar-refractivity contribution in [2.45, 2.75) is 33.2 Å². The predicted molar refractivity (Wildman–Crippen MR) is 58.6 cm³/mol. The number of Topliss-reactive ketones (excluding diaryl/α,β-unsaturated/α-hetero) is 1. The van der Waals surface area contributed by atoms with Crippen LogP contribution in [0.5, 0.6) is 0 Å². The predicted octanol–water partition coefficient (Wildman–Crippen LogP) is 1.63. The van der Waals surface area contributed by atoms with Gasteiger partial charge in [-0.15, -0.1) is 0 Å². The Morgan fingerprint density at radius 3 is 2.31 bits per heavy atom. The topological polar surface area (TPSA) is 61.2 Å². The van der Waals surface area contributed by atoms with Crippen LogP contribution >= 0.6 is 0 Å². The number of aromatic nitrogens is 2. The molecule has 0 N–H and O–H groups in total. The van der Waals surface area contributed by atoms with E-state index in [-0.39, 0.29) is 17.0 Å². The average Bonchev–Trinajstić information content (AvgIpc) is 2.59. The van der Waals surface area contributed by atoms with Crippen molar-refractivity contribution in [2.24, 2.45) is 0 Å². The van der Waals surface area contributed by atoms with Crippen molar-refractivity contribution in [3.8, 4) is 0 Å². The minimum Gasteiger partial charge on any atom is -0.464 e. The van der Waals surface area contributed by atoms with Crippen LogP contribution in [0.15, 0.2) is 6.33 Å². The van der Waals surface area contributed by atoms with Gasteiger partial charge in [0.1, 0.15) is 5.69 Å². The van der Waals surface area contributed by atoms with Gasteiger partial charge in [0.2, 0.25) is 0 Å². The Bertz CT molecular complexity index is 427. The third kappa shape index (κ3) is 2.13. The second-order valence-electron chi connectivity index (χ2n) is 4.53. The molecular weight excluding hydrogens is 208 g/mol. The summed E-state index contributed by atoms with van der Waals surface area (Å²) < 4.78 is 6.27. The number of carbonyl (C=O) groups excluding carboxylic acids is 2. The molecule has 0 aliphatic carbocycles. The number of ether oxygens (including phenoxy) is 1. The van der Waals surface area contributed by atoms with Crippen LogP contribution in [0.2, 0.25) is 0 Å². The summed E-state index contributed by atoms with van der Waals surface area (Å²) in [5.74, 6) is -0.791. The quantitative estimate of drug-likeness (QED) is 0.565. The van der Waals surface area contributed by atoms with Crippen molar-refractivity contribution in [3.63, 3.8) is 0 Å². The highest BCUT2D eigenvalue weighted by Crippen LogP contribution is 2.20. The summed E-state index contributed by atoms with van der Waals surface area (Å²) in [6.45, 7) is 7.21. The number of carbonyl (C=O) groups is 2. The zero-order valence-electron chi connectivity index (χ0n) is 10.2. The van der Waals surface area contributed by atoms with E-state index in [0.29, 0.717) is 5.69 Å². The molecule has 16 heavy (non-hydrogen) atoms. The second kappa shape index (κ2) is 4.08. The minimum atomic E-state index is -0.590. The highest BCUT2D eigenvalue weighted by atomic mass is 16.5. The third-order valence-corrected chi connectivity index (χ3v) is 2.20. The lowest BCUT2D eigenvalue weighted by atomic mass is 10.1. The highest BCUT2D eigenvalue weighted by molar-refractivity contribution is 6.03. The Morgan fingerprint density at radius 1 is 1.38 bits per heavy atom. The van der Waals surface area contributed by atoms with Gasteiger partial charge in [-0.05, 0) is 20.8 Å². The lowest BCUT2D eigenvalue weighted by Crippen LogP contribution is -2.25. The Morgan fingerprint density at radius 2 is 1.94 bits per heavy atom. The largest absolute Gasteiger partial charge is 0.464 e. The van der Waals surface area contributed by atoms with Gasteiger partial charge in [-0.2, -0.15) is 0 Å². The summed E-state index contributed by atoms with van der Waals surface area (Å²) in [5, 5.41) is 0. The van der Waals surface area contributed by atoms with E-state index in [2.05, 4.69) is 9.72 Å². The molecule has 0 amide bonds. The molecule has 1 heterocycles. The van der Waals surface area contributed by atoms with Crippen LogP contribution in [0.1, 0.15) is 48.7 Å². The van der Waals surface area contributed by atoms with Gasteiger partial charge in [-0.3, -0.25) is 4.79 Å². The SMILES string of the molecule is COC(=O)c1ncn(C(C)(C)C)c1C(C)=O. The lowest BCUT2D eigenvalue weighted by molar-refractivity contribution is 0.0590. The fourth-order valence-corrected chi connectivity index (χ4v) is 1.44. The minimum absolute atomic E-state index is 0.0740. The smallest absolute Gasteiger partial charge is 0.359 e. The Kier molecular flexibility index (Phi) is 3.16. The molecule has 0 radical (unpaired) electrons. The number of hydrogen-bond acceptors (Lipinski definition) is 4. The monoisotopic (exact) mass is 224 g/mol. The van der Waals surface area contributed by atoms with E-state index in [4.69, 9.17) is 0 Å². The molecule has 1 aromatic heterocycles. The number of ketones is 1. The van der Waals surface area contributed by atoms with Crippen molar-refractivity contribution in [3.05, 3.63) is 17.7 Å². The summed E-state index contributed by atoms with van der Waals surface area (Å²) >= 11 is 0. The van der Waals surface area contributed by atoms with Crippen molar-refractivity contribution in [2.75, 3.05) is 7.11 Å². The number of esters is 1. The standard InChI is InChI=1S/C11H16N2O3/c1-7(14)9-8(10(15)16-5)12-6-13(9)11(2,3)4/h6H,1-5H3. The highest BCUT2D eigenvalue weighted by Gasteiger charge is 2.26. The van der Waals surface area contributed by atoms with E-state index >= 15 is 0 Å². The molecule has 0 saturated carbocycles. The van der Waals surface area contributed by atoms with Crippen LogP contribution in [0, 0.1) is 0 Å². The van der Waals surface area contributed by atoms with Gasteiger partial charge in [0.05, 0.1) is 13.4 Å². The molecule has 1 rings (SSSR count). The van der Waals surface area contributed by atoms with Gasteiger partial charge in [0.25, 0.3) is 0 Å². The van der Waals surface area contributed by atoms with E-state index in [1.54, 1.807) is 4.57 Å². The lowest BCUT2D eigenvalue weighted by Gasteiger charge is -2.22. The molecule has 5 heteroatoms. The van der Waals surface area contributed by atoms with Gasteiger partial charge < -0.3 is 9.30 Å². The fourth-order valence-electron chi connectivity index (χ4n) is 1.44. The maximum absolute atomic E-state index is 11.5. The molecule has 0 spiro atoms. The maximum Gasteiger partial charge on any atom is 0.359 e. The average molecular weight is 224 g/mol. The van der Waals surface area contributed by atoms with Gasteiger partial charge in [-0.25, -0.2) is 9.78 Å². The van der Waals surface area contributed by atoms with Crippen LogP contribution in [0.4, 0.5) is 0 Å². The first-order chi connectivity index (χ1) is 7.29. The molecule has 0 aromatic carbocycles. The molecule has 1 aromatic rings. The molecule has 0 saturated heterocycles. The van der Waals surface area contributed by atoms with Crippen molar-refractivity contribution in [1.29, 1.82) is 0 Å². The molecule has 0 fully saturated rings. The Labute approximate surface area is 94.4 Å². The molecule has 0 aliphatic rings. The molecular formula is C11H16N2O3. The zero-order chi connectivity index (χ0) is 12.5. The van der Waals surface area contributed by atoms with Gasteiger partial charge >= 0.3 is 5.97 Å². The summed E-state index contributed by atoms with van der Waals surface area (Å²) in [4.78, 5) is 26.9. The number of methoxy groups -OCH3 is 1. The molecule has 0 unspecified atom stereocenters. The van der Waals surface area contributed by atoms with Crippen LogP contribution in [-0.2, 0) is 10.3 Å². The van der Waals surface area contributed by atoms with Crippen molar-refractivity contribution < 1.29 is 14.3 Å². The normalized spacial score (nSPS) is 11.3. The molecule has 5 nitrogen and oxygen atoms in total. The van der Waals surface area contributed by atoms with Crippen LogP contribution in [0.3, 0.4) is 0 Å². The summed E-state index contributed by atoms with van der Waals surface area (Å²) in [6.07, 6.45) is 1.49. The number of hydrogen-bond donors (Lipinski definition) is 0. The van der Waals surface area contributed by atoms with Gasteiger partial charge in [-0.1, -0.05) is 0 Å². The van der Waals surface area contributed by atoms with E-state index in [0.717, 1.165) is 0 Å². The van der Waals surface area contributed by atoms with Crippen LogP contribution in [0.25, 0.3) is 0 Å². The molecule has 0 bridgehead atoms. The van der Waals surface area contributed by atoms with Crippen LogP contribution < -0.4 is 0 Å². The third-order valence-electron chi connectivity index (χ3n) is 2.20. The first kappa shape index (κ1) is 12.4. The van der Waals surface area contributed by atoms with Crippen molar-refractivity contribution >= 4 is 11.8 Å². The molecule has 88 valence electrons. The number of nitrogens with zero attached hydrogens (tertiary/aromatic N) is 2. The van der Waals surface area contributed by atoms with E-state index in [1.807, 2.05) is 20.8 Å². The Balaban J connectivity index is 3.40. The molecule has 0 atom stereocenters. The Hall–Kier alpha value is -1.65. The first-order valence-corrected chi connectivity index (χ1v) is 4.96. The number of rotatable bonds is 2. The maximum atomic E-state index is 11.5. The zero-order valence-corrected chi connectivity index (χ0v) is 10.2. The summed E-state index contributed by atoms with van der Waals surface area (Å²) in [7, 11) is 1.27. The molecule has 0 aliphatic heterocycles. The fraction of sp³-hybridized carbons (Fsp3) is 0.545. The van der Waals surface area contributed by atoms with E-state index < -0.39 is 5.97 Å². The number of imidazole rings is 1. The van der Waals surface area contributed by atoms with Crippen molar-refractivity contribution in [1.82, 2.24) is 9.55 Å². The summed E-state index contributed by atoms with van der Waals surface area (Å²) in [6, 6.07) is 0. The van der Waals surface area contributed by atoms with Gasteiger partial charge in [0.15, 0.2) is 11.5 Å². The van der Waals surface area contributed by atoms with E-state index in [9.17, 15) is 9.59 Å².